The Kier molecular flexibility index (Phi) is 6.14. The first-order valence-corrected chi connectivity index (χ1v) is 12.9. The van der Waals surface area contributed by atoms with Crippen LogP contribution in [0.1, 0.15) is 51.1 Å². The van der Waals surface area contributed by atoms with Gasteiger partial charge in [-0.1, -0.05) is 12.8 Å². The number of anilines is 3. The van der Waals surface area contributed by atoms with E-state index in [2.05, 4.69) is 81.2 Å². The summed E-state index contributed by atoms with van der Waals surface area (Å²) < 4.78 is 2.49. The molecule has 0 atom stereocenters. The Morgan fingerprint density at radius 2 is 1.82 bits per heavy atom. The van der Waals surface area contributed by atoms with Gasteiger partial charge in [0, 0.05) is 54.2 Å². The molecule has 0 radical (unpaired) electrons. The fourth-order valence-electron chi connectivity index (χ4n) is 5.21. The smallest absolute Gasteiger partial charge is 0.267 e. The van der Waals surface area contributed by atoms with Gasteiger partial charge in [-0.05, 0) is 86.4 Å². The van der Waals surface area contributed by atoms with E-state index in [4.69, 9.17) is 4.98 Å². The molecule has 5 rings (SSSR count). The monoisotopic (exact) mass is 524 g/mol. The summed E-state index contributed by atoms with van der Waals surface area (Å²) in [6.45, 7) is 9.60. The minimum absolute atomic E-state index is 0.000929. The number of piperazine rings is 1. The number of hydrogen-bond acceptors (Lipinski definition) is 6. The molecule has 34 heavy (non-hydrogen) atoms. The molecule has 180 valence electrons. The topological polar surface area (TPSA) is 66.3 Å². The normalized spacial score (nSPS) is 19.1. The second-order valence-corrected chi connectivity index (χ2v) is 11.1. The Labute approximate surface area is 209 Å². The second kappa shape index (κ2) is 8.96. The van der Waals surface area contributed by atoms with Crippen LogP contribution in [0.25, 0.3) is 11.0 Å². The molecule has 1 saturated heterocycles. The van der Waals surface area contributed by atoms with Gasteiger partial charge in [-0.15, -0.1) is 0 Å². The minimum atomic E-state index is 0.000929. The van der Waals surface area contributed by atoms with Crippen LogP contribution in [0.15, 0.2) is 39.7 Å². The van der Waals surface area contributed by atoms with Gasteiger partial charge in [0.1, 0.15) is 5.65 Å². The molecular weight excluding hydrogens is 492 g/mol. The zero-order valence-corrected chi connectivity index (χ0v) is 22.0. The zero-order valence-electron chi connectivity index (χ0n) is 20.4. The molecule has 1 aromatic carbocycles. The number of aromatic nitrogens is 3. The van der Waals surface area contributed by atoms with Crippen LogP contribution in [0.5, 0.6) is 0 Å². The van der Waals surface area contributed by atoms with E-state index in [1.54, 1.807) is 0 Å². The molecule has 2 aromatic heterocycles. The summed E-state index contributed by atoms with van der Waals surface area (Å²) in [5.41, 5.74) is 3.91. The van der Waals surface area contributed by atoms with E-state index in [-0.39, 0.29) is 17.1 Å². The molecule has 2 aliphatic rings. The quantitative estimate of drug-likeness (QED) is 0.502. The van der Waals surface area contributed by atoms with E-state index in [1.165, 1.54) is 5.69 Å². The van der Waals surface area contributed by atoms with Crippen molar-refractivity contribution in [2.75, 3.05) is 36.9 Å². The third-order valence-corrected chi connectivity index (χ3v) is 8.57. The van der Waals surface area contributed by atoms with Gasteiger partial charge in [0.15, 0.2) is 0 Å². The second-order valence-electron chi connectivity index (χ2n) is 10.3. The molecule has 0 unspecified atom stereocenters. The van der Waals surface area contributed by atoms with Gasteiger partial charge in [0.25, 0.3) is 5.56 Å². The Bertz CT molecular complexity index is 1260. The fraction of sp³-hybridized carbons (Fsp3) is 0.500. The predicted molar refractivity (Wildman–Crippen MR) is 142 cm³/mol. The van der Waals surface area contributed by atoms with Crippen molar-refractivity contribution >= 4 is 44.3 Å². The predicted octanol–water partition coefficient (Wildman–Crippen LogP) is 5.25. The van der Waals surface area contributed by atoms with Crippen molar-refractivity contribution in [3.63, 3.8) is 0 Å². The third-order valence-electron chi connectivity index (χ3n) is 7.63. The number of fused-ring (bicyclic) bond motifs is 1. The zero-order chi connectivity index (χ0) is 24.0. The minimum Gasteiger partial charge on any atom is -0.368 e. The molecule has 0 bridgehead atoms. The van der Waals surface area contributed by atoms with Gasteiger partial charge in [-0.3, -0.25) is 14.3 Å². The van der Waals surface area contributed by atoms with Crippen molar-refractivity contribution in [1.82, 2.24) is 19.4 Å². The van der Waals surface area contributed by atoms with Gasteiger partial charge in [-0.25, -0.2) is 4.98 Å². The Hall–Kier alpha value is -2.45. The van der Waals surface area contributed by atoms with E-state index in [0.717, 1.165) is 62.0 Å². The standard InChI is InChI=1S/C26H33BrN6O/c1-17-21-15-28-25(30-23(21)33(24(34)22(17)27)20-7-5-6-8-20)29-18-9-11-19(12-10-18)32-14-13-31(4)26(2,3)16-32/h9-12,15,20H,5-8,13-14,16H2,1-4H3,(H,28,29,30). The molecule has 3 aromatic rings. The molecule has 2 fully saturated rings. The third kappa shape index (κ3) is 4.22. The van der Waals surface area contributed by atoms with E-state index in [1.807, 2.05) is 17.7 Å². The lowest BCUT2D eigenvalue weighted by atomic mass is 9.99. The molecule has 8 heteroatoms. The molecule has 3 heterocycles. The van der Waals surface area contributed by atoms with Gasteiger partial charge in [0.05, 0.1) is 4.47 Å². The summed E-state index contributed by atoms with van der Waals surface area (Å²) in [7, 11) is 2.19. The number of nitrogens with zero attached hydrogens (tertiary/aromatic N) is 5. The van der Waals surface area contributed by atoms with Gasteiger partial charge in [0.2, 0.25) is 5.95 Å². The van der Waals surface area contributed by atoms with E-state index < -0.39 is 0 Å². The highest BCUT2D eigenvalue weighted by Crippen LogP contribution is 2.33. The van der Waals surface area contributed by atoms with E-state index >= 15 is 0 Å². The maximum Gasteiger partial charge on any atom is 0.267 e. The fourth-order valence-corrected chi connectivity index (χ4v) is 5.61. The lowest BCUT2D eigenvalue weighted by Crippen LogP contribution is -2.57. The summed E-state index contributed by atoms with van der Waals surface area (Å²) in [6.07, 6.45) is 6.16. The summed E-state index contributed by atoms with van der Waals surface area (Å²) in [5, 5.41) is 4.26. The summed E-state index contributed by atoms with van der Waals surface area (Å²) >= 11 is 3.51. The molecule has 1 aliphatic heterocycles. The lowest BCUT2D eigenvalue weighted by Gasteiger charge is -2.46. The van der Waals surface area contributed by atoms with E-state index in [0.29, 0.717) is 16.1 Å². The van der Waals surface area contributed by atoms with Crippen LogP contribution < -0.4 is 15.8 Å². The highest BCUT2D eigenvalue weighted by Gasteiger charge is 2.31. The van der Waals surface area contributed by atoms with Crippen molar-refractivity contribution in [3.05, 3.63) is 50.9 Å². The van der Waals surface area contributed by atoms with Gasteiger partial charge >= 0.3 is 0 Å². The first-order valence-electron chi connectivity index (χ1n) is 12.2. The Morgan fingerprint density at radius 1 is 1.12 bits per heavy atom. The molecule has 7 nitrogen and oxygen atoms in total. The number of pyridine rings is 1. The molecule has 0 spiro atoms. The van der Waals surface area contributed by atoms with Gasteiger partial charge < -0.3 is 10.2 Å². The number of benzene rings is 1. The van der Waals surface area contributed by atoms with Crippen LogP contribution in [0.4, 0.5) is 17.3 Å². The van der Waals surface area contributed by atoms with Crippen LogP contribution in [-0.2, 0) is 0 Å². The number of likely N-dealkylation sites (N-methyl/N-ethyl adjacent to an activating group) is 1. The molecule has 1 aliphatic carbocycles. The first-order chi connectivity index (χ1) is 16.2. The van der Waals surface area contributed by atoms with Crippen LogP contribution >= 0.6 is 15.9 Å². The molecule has 1 N–H and O–H groups in total. The maximum absolute atomic E-state index is 13.1. The number of rotatable bonds is 4. The number of aryl methyl sites for hydroxylation is 1. The Balaban J connectivity index is 1.43. The van der Waals surface area contributed by atoms with Crippen molar-refractivity contribution in [3.8, 4) is 0 Å². The van der Waals surface area contributed by atoms with Gasteiger partial charge in [-0.2, -0.15) is 4.98 Å². The largest absolute Gasteiger partial charge is 0.368 e. The average Bonchev–Trinajstić information content (AvgIpc) is 3.34. The molecule has 1 saturated carbocycles. The highest BCUT2D eigenvalue weighted by molar-refractivity contribution is 9.10. The van der Waals surface area contributed by atoms with Crippen LogP contribution in [0, 0.1) is 6.92 Å². The Morgan fingerprint density at radius 3 is 2.50 bits per heavy atom. The van der Waals surface area contributed by atoms with Crippen molar-refractivity contribution in [2.24, 2.45) is 0 Å². The summed E-state index contributed by atoms with van der Waals surface area (Å²) in [4.78, 5) is 27.4. The van der Waals surface area contributed by atoms with E-state index in [9.17, 15) is 4.79 Å². The highest BCUT2D eigenvalue weighted by atomic mass is 79.9. The van der Waals surface area contributed by atoms with Crippen LogP contribution in [0.2, 0.25) is 0 Å². The lowest BCUT2D eigenvalue weighted by molar-refractivity contribution is 0.139. The molecular formula is C26H33BrN6O. The maximum atomic E-state index is 13.1. The SMILES string of the molecule is Cc1c(Br)c(=O)n(C2CCCC2)c2nc(Nc3ccc(N4CCN(C)C(C)(C)C4)cc3)ncc12. The number of nitrogens with one attached hydrogen (secondary N) is 1. The number of hydrogen-bond donors (Lipinski definition) is 1. The van der Waals surface area contributed by atoms with Crippen LogP contribution in [-0.4, -0.2) is 51.7 Å². The molecule has 0 amide bonds. The van der Waals surface area contributed by atoms with Crippen molar-refractivity contribution in [2.45, 2.75) is 58.0 Å². The van der Waals surface area contributed by atoms with Crippen molar-refractivity contribution in [1.29, 1.82) is 0 Å². The van der Waals surface area contributed by atoms with Crippen LogP contribution in [0.3, 0.4) is 0 Å². The first kappa shape index (κ1) is 23.3. The number of halogens is 1. The summed E-state index contributed by atoms with van der Waals surface area (Å²) in [6, 6.07) is 8.65. The summed E-state index contributed by atoms with van der Waals surface area (Å²) in [5.74, 6) is 0.508. The average molecular weight is 525 g/mol. The van der Waals surface area contributed by atoms with Crippen molar-refractivity contribution < 1.29 is 0 Å².